The van der Waals surface area contributed by atoms with Crippen molar-refractivity contribution in [2.24, 2.45) is 0 Å². The molecule has 1 nitrogen and oxygen atoms in total. The summed E-state index contributed by atoms with van der Waals surface area (Å²) in [5.41, 5.74) is 1.47. The predicted octanol–water partition coefficient (Wildman–Crippen LogP) is 4.79. The van der Waals surface area contributed by atoms with Gasteiger partial charge >= 0.3 is 0 Å². The summed E-state index contributed by atoms with van der Waals surface area (Å²) < 4.78 is 0.928. The Morgan fingerprint density at radius 3 is 1.70 bits per heavy atom. The van der Waals surface area contributed by atoms with E-state index in [0.29, 0.717) is 0 Å². The standard InChI is InChI=1S/C17H13BrOS/c18-16-12-20-11-15(16)17(19,13-7-3-1-4-8-13)14-9-5-2-6-10-14/h1-12,19H. The van der Waals surface area contributed by atoms with Gasteiger partial charge in [-0.1, -0.05) is 60.7 Å². The molecule has 0 bridgehead atoms. The summed E-state index contributed by atoms with van der Waals surface area (Å²) in [6.45, 7) is 0. The van der Waals surface area contributed by atoms with Gasteiger partial charge in [-0.25, -0.2) is 0 Å². The Bertz CT molecular complexity index is 652. The monoisotopic (exact) mass is 344 g/mol. The van der Waals surface area contributed by atoms with Crippen LogP contribution in [-0.2, 0) is 5.60 Å². The van der Waals surface area contributed by atoms with E-state index in [1.165, 1.54) is 0 Å². The number of rotatable bonds is 3. The third-order valence-corrected chi connectivity index (χ3v) is 5.09. The summed E-state index contributed by atoms with van der Waals surface area (Å²) in [7, 11) is 0. The summed E-state index contributed by atoms with van der Waals surface area (Å²) in [5, 5.41) is 15.5. The fourth-order valence-electron chi connectivity index (χ4n) is 2.38. The fraction of sp³-hybridized carbons (Fsp3) is 0.0588. The lowest BCUT2D eigenvalue weighted by atomic mass is 9.82. The number of benzene rings is 2. The largest absolute Gasteiger partial charge is 0.376 e. The molecule has 0 atom stereocenters. The highest BCUT2D eigenvalue weighted by molar-refractivity contribution is 9.10. The molecule has 0 radical (unpaired) electrons. The van der Waals surface area contributed by atoms with Gasteiger partial charge in [-0.15, -0.1) is 0 Å². The normalized spacial score (nSPS) is 11.5. The van der Waals surface area contributed by atoms with Gasteiger partial charge in [0.15, 0.2) is 0 Å². The molecule has 0 fully saturated rings. The van der Waals surface area contributed by atoms with Crippen LogP contribution in [0.5, 0.6) is 0 Å². The quantitative estimate of drug-likeness (QED) is 0.723. The number of hydrogen-bond acceptors (Lipinski definition) is 2. The van der Waals surface area contributed by atoms with E-state index in [1.54, 1.807) is 11.3 Å². The lowest BCUT2D eigenvalue weighted by Gasteiger charge is -2.29. The molecular formula is C17H13BrOS. The zero-order chi connectivity index (χ0) is 14.0. The Morgan fingerprint density at radius 2 is 1.30 bits per heavy atom. The van der Waals surface area contributed by atoms with E-state index >= 15 is 0 Å². The predicted molar refractivity (Wildman–Crippen MR) is 87.0 cm³/mol. The Labute approximate surface area is 130 Å². The summed E-state index contributed by atoms with van der Waals surface area (Å²) >= 11 is 5.12. The maximum Gasteiger partial charge on any atom is 0.142 e. The van der Waals surface area contributed by atoms with Crippen LogP contribution >= 0.6 is 27.3 Å². The fourth-order valence-corrected chi connectivity index (χ4v) is 4.00. The second-order valence-corrected chi connectivity index (χ2v) is 6.17. The molecule has 0 saturated heterocycles. The molecule has 0 aliphatic heterocycles. The van der Waals surface area contributed by atoms with Gasteiger partial charge < -0.3 is 5.11 Å². The Morgan fingerprint density at radius 1 is 0.800 bits per heavy atom. The molecule has 0 spiro atoms. The average Bonchev–Trinajstić information content (AvgIpc) is 2.95. The molecule has 0 aliphatic rings. The van der Waals surface area contributed by atoms with Crippen molar-refractivity contribution in [1.29, 1.82) is 0 Å². The molecule has 1 heterocycles. The first-order valence-corrected chi connectivity index (χ1v) is 8.02. The van der Waals surface area contributed by atoms with Crippen LogP contribution in [0.4, 0.5) is 0 Å². The molecular weight excluding hydrogens is 332 g/mol. The van der Waals surface area contributed by atoms with E-state index < -0.39 is 5.60 Å². The molecule has 100 valence electrons. The van der Waals surface area contributed by atoms with Crippen LogP contribution < -0.4 is 0 Å². The topological polar surface area (TPSA) is 20.2 Å². The van der Waals surface area contributed by atoms with Crippen molar-refractivity contribution in [2.75, 3.05) is 0 Å². The van der Waals surface area contributed by atoms with Gasteiger partial charge in [0.1, 0.15) is 5.60 Å². The first-order valence-electron chi connectivity index (χ1n) is 6.28. The summed E-state index contributed by atoms with van der Waals surface area (Å²) in [4.78, 5) is 0. The molecule has 0 aliphatic carbocycles. The summed E-state index contributed by atoms with van der Waals surface area (Å²) in [6.07, 6.45) is 0. The van der Waals surface area contributed by atoms with Crippen LogP contribution in [0.2, 0.25) is 0 Å². The Kier molecular flexibility index (Phi) is 3.74. The minimum Gasteiger partial charge on any atom is -0.376 e. The van der Waals surface area contributed by atoms with Gasteiger partial charge in [0, 0.05) is 15.4 Å². The lowest BCUT2D eigenvalue weighted by molar-refractivity contribution is 0.125. The molecule has 3 aromatic rings. The summed E-state index contributed by atoms with van der Waals surface area (Å²) in [6, 6.07) is 19.5. The van der Waals surface area contributed by atoms with Crippen LogP contribution in [0.25, 0.3) is 0 Å². The Balaban J connectivity index is 2.27. The van der Waals surface area contributed by atoms with E-state index in [0.717, 1.165) is 21.2 Å². The van der Waals surface area contributed by atoms with Crippen LogP contribution in [0.3, 0.4) is 0 Å². The van der Waals surface area contributed by atoms with Crippen molar-refractivity contribution in [2.45, 2.75) is 5.60 Å². The first-order chi connectivity index (χ1) is 9.73. The second-order valence-electron chi connectivity index (χ2n) is 4.58. The van der Waals surface area contributed by atoms with E-state index in [4.69, 9.17) is 0 Å². The van der Waals surface area contributed by atoms with E-state index in [-0.39, 0.29) is 0 Å². The minimum absolute atomic E-state index is 0.866. The van der Waals surface area contributed by atoms with Crippen LogP contribution in [0.15, 0.2) is 75.9 Å². The number of hydrogen-bond donors (Lipinski definition) is 1. The number of aliphatic hydroxyl groups is 1. The third kappa shape index (κ3) is 2.22. The number of halogens is 1. The smallest absolute Gasteiger partial charge is 0.142 e. The zero-order valence-electron chi connectivity index (χ0n) is 10.7. The van der Waals surface area contributed by atoms with Gasteiger partial charge in [-0.2, -0.15) is 11.3 Å². The maximum absolute atomic E-state index is 11.5. The van der Waals surface area contributed by atoms with Crippen LogP contribution in [0, 0.1) is 0 Å². The molecule has 0 amide bonds. The third-order valence-electron chi connectivity index (χ3n) is 3.39. The van der Waals surface area contributed by atoms with E-state index in [1.807, 2.05) is 71.4 Å². The SMILES string of the molecule is OC(c1ccccc1)(c1ccccc1)c1cscc1Br. The molecule has 3 rings (SSSR count). The van der Waals surface area contributed by atoms with Crippen LogP contribution in [0.1, 0.15) is 16.7 Å². The molecule has 0 unspecified atom stereocenters. The average molecular weight is 345 g/mol. The first kappa shape index (κ1) is 13.6. The molecule has 2 aromatic carbocycles. The molecule has 1 aromatic heterocycles. The minimum atomic E-state index is -1.14. The van der Waals surface area contributed by atoms with Gasteiger partial charge in [-0.3, -0.25) is 0 Å². The lowest BCUT2D eigenvalue weighted by Crippen LogP contribution is -2.28. The van der Waals surface area contributed by atoms with Gasteiger partial charge in [0.05, 0.1) is 0 Å². The second kappa shape index (κ2) is 5.52. The van der Waals surface area contributed by atoms with Gasteiger partial charge in [0.25, 0.3) is 0 Å². The van der Waals surface area contributed by atoms with Crippen molar-refractivity contribution < 1.29 is 5.11 Å². The molecule has 20 heavy (non-hydrogen) atoms. The van der Waals surface area contributed by atoms with Crippen molar-refractivity contribution in [3.05, 3.63) is 92.6 Å². The Hall–Kier alpha value is -1.42. The van der Waals surface area contributed by atoms with E-state index in [2.05, 4.69) is 15.9 Å². The maximum atomic E-state index is 11.5. The zero-order valence-corrected chi connectivity index (χ0v) is 13.1. The van der Waals surface area contributed by atoms with Crippen molar-refractivity contribution in [3.63, 3.8) is 0 Å². The van der Waals surface area contributed by atoms with E-state index in [9.17, 15) is 5.11 Å². The van der Waals surface area contributed by atoms with Gasteiger partial charge in [0.2, 0.25) is 0 Å². The highest BCUT2D eigenvalue weighted by Crippen LogP contribution is 2.41. The molecule has 1 N–H and O–H groups in total. The number of thiophene rings is 1. The van der Waals surface area contributed by atoms with Gasteiger partial charge in [-0.05, 0) is 32.4 Å². The van der Waals surface area contributed by atoms with Crippen molar-refractivity contribution in [1.82, 2.24) is 0 Å². The summed E-state index contributed by atoms with van der Waals surface area (Å²) in [5.74, 6) is 0. The highest BCUT2D eigenvalue weighted by Gasteiger charge is 2.35. The molecule has 3 heteroatoms. The van der Waals surface area contributed by atoms with Crippen LogP contribution in [-0.4, -0.2) is 5.11 Å². The van der Waals surface area contributed by atoms with Crippen molar-refractivity contribution in [3.8, 4) is 0 Å². The van der Waals surface area contributed by atoms with Crippen molar-refractivity contribution >= 4 is 27.3 Å². The highest BCUT2D eigenvalue weighted by atomic mass is 79.9. The molecule has 0 saturated carbocycles.